The second kappa shape index (κ2) is 5.21. The number of carbonyl (C=O) groups is 1. The lowest BCUT2D eigenvalue weighted by atomic mass is 9.38. The molecule has 3 aliphatic carbocycles. The highest BCUT2D eigenvalue weighted by Gasteiger charge is 2.70. The van der Waals surface area contributed by atoms with Crippen LogP contribution in [0.2, 0.25) is 5.02 Å². The van der Waals surface area contributed by atoms with Crippen molar-refractivity contribution in [3.05, 3.63) is 41.2 Å². The first-order chi connectivity index (χ1) is 11.7. The van der Waals surface area contributed by atoms with Crippen molar-refractivity contribution in [1.82, 2.24) is 20.3 Å². The molecule has 1 heterocycles. The van der Waals surface area contributed by atoms with Gasteiger partial charge in [-0.15, -0.1) is 0 Å². The van der Waals surface area contributed by atoms with Crippen LogP contribution < -0.4 is 5.32 Å². The van der Waals surface area contributed by atoms with E-state index < -0.39 is 5.60 Å². The number of halogens is 1. The summed E-state index contributed by atoms with van der Waals surface area (Å²) in [4.78, 5) is 13.6. The Hall–Kier alpha value is -2.08. The zero-order valence-electron chi connectivity index (χ0n) is 14.5. The summed E-state index contributed by atoms with van der Waals surface area (Å²) in [6.07, 6.45) is 4.14. The molecule has 5 rings (SSSR count). The Morgan fingerprint density at radius 2 is 1.88 bits per heavy atom. The number of aromatic nitrogens is 3. The number of carbonyl (C=O) groups excluding carboxylic acids is 1. The highest BCUT2D eigenvalue weighted by atomic mass is 35.5. The lowest BCUT2D eigenvalue weighted by Gasteiger charge is -2.69. The molecule has 1 aromatic carbocycles. The fraction of sp³-hybridized carbons (Fsp3) is 0.500. The number of hydrogen-bond acceptors (Lipinski definition) is 4. The van der Waals surface area contributed by atoms with Crippen LogP contribution in [0.25, 0.3) is 5.69 Å². The smallest absolute Gasteiger partial charge is 0.408 e. The van der Waals surface area contributed by atoms with Gasteiger partial charge in [0.1, 0.15) is 5.60 Å². The van der Waals surface area contributed by atoms with Gasteiger partial charge in [-0.3, -0.25) is 0 Å². The van der Waals surface area contributed by atoms with E-state index in [0.29, 0.717) is 5.02 Å². The van der Waals surface area contributed by atoms with Crippen molar-refractivity contribution in [3.63, 3.8) is 0 Å². The molecule has 0 atom stereocenters. The van der Waals surface area contributed by atoms with Crippen LogP contribution >= 0.6 is 11.6 Å². The highest BCUT2D eigenvalue weighted by molar-refractivity contribution is 6.30. The third-order valence-electron chi connectivity index (χ3n) is 4.89. The van der Waals surface area contributed by atoms with E-state index in [9.17, 15) is 4.79 Å². The van der Waals surface area contributed by atoms with Gasteiger partial charge in [-0.25, -0.2) is 4.79 Å². The molecule has 1 N–H and O–H groups in total. The number of nitrogens with one attached hydrogen (secondary N) is 1. The molecule has 2 aromatic rings. The van der Waals surface area contributed by atoms with E-state index >= 15 is 0 Å². The van der Waals surface area contributed by atoms with Crippen LogP contribution in [0.15, 0.2) is 30.5 Å². The molecular formula is C18H21ClN4O2. The van der Waals surface area contributed by atoms with E-state index in [0.717, 1.165) is 30.6 Å². The Morgan fingerprint density at radius 3 is 2.48 bits per heavy atom. The molecule has 0 spiro atoms. The van der Waals surface area contributed by atoms with E-state index in [1.807, 2.05) is 51.2 Å². The molecule has 3 fully saturated rings. The van der Waals surface area contributed by atoms with Crippen molar-refractivity contribution in [1.29, 1.82) is 0 Å². The van der Waals surface area contributed by atoms with Crippen LogP contribution in [0.1, 0.15) is 45.7 Å². The van der Waals surface area contributed by atoms with Gasteiger partial charge in [0.25, 0.3) is 0 Å². The summed E-state index contributed by atoms with van der Waals surface area (Å²) < 4.78 is 5.35. The zero-order valence-corrected chi connectivity index (χ0v) is 15.3. The van der Waals surface area contributed by atoms with Gasteiger partial charge >= 0.3 is 6.09 Å². The first-order valence-electron chi connectivity index (χ1n) is 8.39. The molecule has 0 radical (unpaired) electrons. The van der Waals surface area contributed by atoms with Crippen LogP contribution in [0.3, 0.4) is 0 Å². The normalized spacial score (nSPS) is 27.2. The molecule has 0 saturated heterocycles. The van der Waals surface area contributed by atoms with Crippen molar-refractivity contribution < 1.29 is 9.53 Å². The Labute approximate surface area is 151 Å². The summed E-state index contributed by atoms with van der Waals surface area (Å²) in [6.45, 7) is 5.60. The second-order valence-electron chi connectivity index (χ2n) is 8.21. The van der Waals surface area contributed by atoms with Crippen molar-refractivity contribution in [2.24, 2.45) is 0 Å². The van der Waals surface area contributed by atoms with Crippen molar-refractivity contribution in [3.8, 4) is 5.69 Å². The molecule has 3 aliphatic rings. The third kappa shape index (κ3) is 2.88. The molecule has 25 heavy (non-hydrogen) atoms. The minimum Gasteiger partial charge on any atom is -0.444 e. The monoisotopic (exact) mass is 360 g/mol. The summed E-state index contributed by atoms with van der Waals surface area (Å²) in [7, 11) is 0. The standard InChI is InChI=1S/C18H21ClN4O2/c1-16(2,3)25-15(24)21-18-9-17(10-18,11-18)14-8-20-23(22-14)13-6-4-12(19)5-7-13/h4-8H,9-11H2,1-3H3,(H,21,24). The van der Waals surface area contributed by atoms with E-state index in [1.54, 1.807) is 4.80 Å². The van der Waals surface area contributed by atoms with Crippen LogP contribution in [0.5, 0.6) is 0 Å². The fourth-order valence-electron chi connectivity index (χ4n) is 3.92. The van der Waals surface area contributed by atoms with Crippen molar-refractivity contribution in [2.75, 3.05) is 0 Å². The van der Waals surface area contributed by atoms with E-state index in [1.165, 1.54) is 0 Å². The van der Waals surface area contributed by atoms with Gasteiger partial charge in [0.15, 0.2) is 0 Å². The Morgan fingerprint density at radius 1 is 1.24 bits per heavy atom. The van der Waals surface area contributed by atoms with Crippen LogP contribution in [-0.2, 0) is 10.2 Å². The maximum atomic E-state index is 12.0. The summed E-state index contributed by atoms with van der Waals surface area (Å²) in [5.41, 5.74) is 1.29. The van der Waals surface area contributed by atoms with E-state index in [4.69, 9.17) is 16.3 Å². The average molecular weight is 361 g/mol. The number of amides is 1. The van der Waals surface area contributed by atoms with Gasteiger partial charge in [0.05, 0.1) is 17.6 Å². The summed E-state index contributed by atoms with van der Waals surface area (Å²) in [5, 5.41) is 12.7. The largest absolute Gasteiger partial charge is 0.444 e. The van der Waals surface area contributed by atoms with E-state index in [-0.39, 0.29) is 17.0 Å². The van der Waals surface area contributed by atoms with Crippen LogP contribution in [0, 0.1) is 0 Å². The Kier molecular flexibility index (Phi) is 3.41. The van der Waals surface area contributed by atoms with Crippen molar-refractivity contribution in [2.45, 2.75) is 56.6 Å². The molecule has 1 amide bonds. The SMILES string of the molecule is CC(C)(C)OC(=O)NC12CC(c3cnn(-c4ccc(Cl)cc4)n3)(C1)C2. The number of rotatable bonds is 3. The molecule has 132 valence electrons. The first kappa shape index (κ1) is 16.4. The minimum absolute atomic E-state index is 0.0414. The quantitative estimate of drug-likeness (QED) is 0.907. The van der Waals surface area contributed by atoms with Gasteiger partial charge in [-0.1, -0.05) is 11.6 Å². The first-order valence-corrected chi connectivity index (χ1v) is 8.77. The summed E-state index contributed by atoms with van der Waals surface area (Å²) in [5.74, 6) is 0. The van der Waals surface area contributed by atoms with E-state index in [2.05, 4.69) is 15.5 Å². The summed E-state index contributed by atoms with van der Waals surface area (Å²) in [6, 6.07) is 7.42. The molecule has 0 unspecified atom stereocenters. The maximum Gasteiger partial charge on any atom is 0.408 e. The maximum absolute atomic E-state index is 12.0. The number of hydrogen-bond donors (Lipinski definition) is 1. The van der Waals surface area contributed by atoms with Crippen molar-refractivity contribution >= 4 is 17.7 Å². The topological polar surface area (TPSA) is 69.0 Å². The fourth-order valence-corrected chi connectivity index (χ4v) is 4.04. The molecule has 0 aliphatic heterocycles. The highest BCUT2D eigenvalue weighted by Crippen LogP contribution is 2.67. The Bertz CT molecular complexity index is 803. The number of alkyl carbamates (subject to hydrolysis) is 1. The van der Waals surface area contributed by atoms with Gasteiger partial charge in [-0.2, -0.15) is 15.0 Å². The number of ether oxygens (including phenoxy) is 1. The Balaban J connectivity index is 1.40. The van der Waals surface area contributed by atoms with Crippen LogP contribution in [0.4, 0.5) is 4.79 Å². The predicted molar refractivity (Wildman–Crippen MR) is 94.0 cm³/mol. The number of nitrogens with zero attached hydrogens (tertiary/aromatic N) is 3. The average Bonchev–Trinajstić information content (AvgIpc) is 2.89. The molecule has 6 nitrogen and oxygen atoms in total. The minimum atomic E-state index is -0.480. The van der Waals surface area contributed by atoms with Gasteiger partial charge in [-0.05, 0) is 64.3 Å². The molecular weight excluding hydrogens is 340 g/mol. The van der Waals surface area contributed by atoms with Gasteiger partial charge < -0.3 is 10.1 Å². The van der Waals surface area contributed by atoms with Gasteiger partial charge in [0, 0.05) is 16.0 Å². The third-order valence-corrected chi connectivity index (χ3v) is 5.14. The molecule has 3 saturated carbocycles. The lowest BCUT2D eigenvalue weighted by Crippen LogP contribution is -2.77. The zero-order chi connectivity index (χ0) is 17.9. The molecule has 1 aromatic heterocycles. The lowest BCUT2D eigenvalue weighted by molar-refractivity contribution is -0.0910. The van der Waals surface area contributed by atoms with Crippen LogP contribution in [-0.4, -0.2) is 32.2 Å². The summed E-state index contributed by atoms with van der Waals surface area (Å²) >= 11 is 5.92. The number of benzene rings is 1. The molecule has 7 heteroatoms. The molecule has 2 bridgehead atoms. The predicted octanol–water partition coefficient (Wildman–Crippen LogP) is 3.62. The second-order valence-corrected chi connectivity index (χ2v) is 8.65. The van der Waals surface area contributed by atoms with Gasteiger partial charge in [0.2, 0.25) is 0 Å².